The summed E-state index contributed by atoms with van der Waals surface area (Å²) in [5.74, 6) is 1.04. The van der Waals surface area contributed by atoms with E-state index in [1.165, 1.54) is 38.5 Å². The minimum atomic E-state index is -0.133. The lowest BCUT2D eigenvalue weighted by molar-refractivity contribution is 0.334. The molecule has 1 aliphatic rings. The highest BCUT2D eigenvalue weighted by molar-refractivity contribution is 9.09. The second-order valence-electron chi connectivity index (χ2n) is 5.21. The Morgan fingerprint density at radius 3 is 2.56 bits per heavy atom. The van der Waals surface area contributed by atoms with Crippen LogP contribution in [0.1, 0.15) is 38.5 Å². The summed E-state index contributed by atoms with van der Waals surface area (Å²) >= 11 is 5.39. The van der Waals surface area contributed by atoms with Crippen LogP contribution in [-0.2, 0) is 7.05 Å². The second kappa shape index (κ2) is 6.28. The monoisotopic (exact) mass is 333 g/mol. The Kier molecular flexibility index (Phi) is 4.95. The molecule has 0 bridgehead atoms. The zero-order valence-electron chi connectivity index (χ0n) is 10.7. The van der Waals surface area contributed by atoms with E-state index in [1.807, 2.05) is 0 Å². The zero-order chi connectivity index (χ0) is 13.0. The molecular formula is C12H20BrN3OS. The van der Waals surface area contributed by atoms with Gasteiger partial charge in [-0.25, -0.2) is 9.89 Å². The molecule has 1 fully saturated rings. The number of aromatic nitrogens is 3. The van der Waals surface area contributed by atoms with Crippen molar-refractivity contribution in [2.45, 2.75) is 43.7 Å². The molecule has 1 saturated carbocycles. The summed E-state index contributed by atoms with van der Waals surface area (Å²) in [6.45, 7) is 0. The highest BCUT2D eigenvalue weighted by atomic mass is 79.9. The number of H-pyrrole nitrogens is 1. The van der Waals surface area contributed by atoms with Crippen LogP contribution in [0.4, 0.5) is 0 Å². The lowest BCUT2D eigenvalue weighted by Gasteiger charge is -2.30. The first-order valence-electron chi connectivity index (χ1n) is 6.47. The van der Waals surface area contributed by atoms with Crippen molar-refractivity contribution in [1.82, 2.24) is 14.8 Å². The van der Waals surface area contributed by atoms with Crippen LogP contribution in [-0.4, -0.2) is 25.8 Å². The van der Waals surface area contributed by atoms with Crippen molar-refractivity contribution in [2.75, 3.05) is 11.1 Å². The van der Waals surface area contributed by atoms with Gasteiger partial charge >= 0.3 is 5.69 Å². The van der Waals surface area contributed by atoms with E-state index in [4.69, 9.17) is 0 Å². The van der Waals surface area contributed by atoms with Crippen LogP contribution in [0.3, 0.4) is 0 Å². The van der Waals surface area contributed by atoms with E-state index < -0.39 is 0 Å². The van der Waals surface area contributed by atoms with E-state index in [0.717, 1.165) is 16.2 Å². The van der Waals surface area contributed by atoms with Gasteiger partial charge in [-0.1, -0.05) is 53.4 Å². The summed E-state index contributed by atoms with van der Waals surface area (Å²) in [5.41, 5.74) is 0.238. The van der Waals surface area contributed by atoms with Crippen LogP contribution in [0.25, 0.3) is 0 Å². The maximum absolute atomic E-state index is 11.3. The van der Waals surface area contributed by atoms with E-state index in [-0.39, 0.29) is 5.69 Å². The molecule has 1 aromatic rings. The third-order valence-corrected chi connectivity index (χ3v) is 6.36. The number of aromatic amines is 1. The average Bonchev–Trinajstić information content (AvgIpc) is 2.61. The molecule has 102 valence electrons. The molecule has 6 heteroatoms. The van der Waals surface area contributed by atoms with Gasteiger partial charge in [-0.3, -0.25) is 4.57 Å². The average molecular weight is 334 g/mol. The predicted molar refractivity (Wildman–Crippen MR) is 78.5 cm³/mol. The Bertz CT molecular complexity index is 435. The maximum atomic E-state index is 11.3. The fraction of sp³-hybridized carbons (Fsp3) is 0.833. The molecule has 0 aromatic carbocycles. The fourth-order valence-corrected chi connectivity index (χ4v) is 4.71. The minimum Gasteiger partial charge on any atom is -0.273 e. The van der Waals surface area contributed by atoms with Crippen molar-refractivity contribution in [1.29, 1.82) is 0 Å². The van der Waals surface area contributed by atoms with E-state index in [0.29, 0.717) is 5.41 Å². The number of halogens is 1. The number of hydrogen-bond acceptors (Lipinski definition) is 3. The summed E-state index contributed by atoms with van der Waals surface area (Å²) in [6.07, 6.45) is 7.94. The molecule has 0 spiro atoms. The van der Waals surface area contributed by atoms with Crippen LogP contribution in [0.15, 0.2) is 9.95 Å². The first-order valence-corrected chi connectivity index (χ1v) is 8.58. The second-order valence-corrected chi connectivity index (χ2v) is 6.71. The van der Waals surface area contributed by atoms with Crippen LogP contribution in [0.2, 0.25) is 0 Å². The molecule has 1 aliphatic carbocycles. The molecule has 1 heterocycles. The molecular weight excluding hydrogens is 314 g/mol. The summed E-state index contributed by atoms with van der Waals surface area (Å²) < 4.78 is 1.59. The number of rotatable bonds is 4. The Morgan fingerprint density at radius 2 is 2.06 bits per heavy atom. The maximum Gasteiger partial charge on any atom is 0.343 e. The van der Waals surface area contributed by atoms with Crippen molar-refractivity contribution < 1.29 is 0 Å². The predicted octanol–water partition coefficient (Wildman–Crippen LogP) is 2.94. The van der Waals surface area contributed by atoms with Gasteiger partial charge in [-0.05, 0) is 18.3 Å². The van der Waals surface area contributed by atoms with Gasteiger partial charge in [0.15, 0.2) is 5.16 Å². The first-order chi connectivity index (χ1) is 8.67. The highest BCUT2D eigenvalue weighted by Gasteiger charge is 2.30. The van der Waals surface area contributed by atoms with Crippen molar-refractivity contribution in [3.8, 4) is 0 Å². The van der Waals surface area contributed by atoms with E-state index in [9.17, 15) is 4.79 Å². The SMILES string of the molecule is Cn1c(SCC2(CBr)CCCCCC2)n[nH]c1=O. The summed E-state index contributed by atoms with van der Waals surface area (Å²) in [4.78, 5) is 11.3. The molecule has 1 aromatic heterocycles. The minimum absolute atomic E-state index is 0.133. The van der Waals surface area contributed by atoms with Gasteiger partial charge < -0.3 is 0 Å². The van der Waals surface area contributed by atoms with Crippen LogP contribution in [0, 0.1) is 5.41 Å². The Hall–Kier alpha value is -0.230. The van der Waals surface area contributed by atoms with E-state index in [1.54, 1.807) is 23.4 Å². The largest absolute Gasteiger partial charge is 0.343 e. The molecule has 0 aliphatic heterocycles. The quantitative estimate of drug-likeness (QED) is 0.523. The van der Waals surface area contributed by atoms with E-state index in [2.05, 4.69) is 26.1 Å². The third-order valence-electron chi connectivity index (χ3n) is 3.79. The van der Waals surface area contributed by atoms with Crippen molar-refractivity contribution in [3.63, 3.8) is 0 Å². The molecule has 0 amide bonds. The number of thioether (sulfide) groups is 1. The van der Waals surface area contributed by atoms with Gasteiger partial charge in [0, 0.05) is 18.1 Å². The van der Waals surface area contributed by atoms with E-state index >= 15 is 0 Å². The first kappa shape index (κ1) is 14.2. The fourth-order valence-electron chi connectivity index (χ4n) is 2.47. The molecule has 0 atom stereocenters. The van der Waals surface area contributed by atoms with Crippen LogP contribution in [0.5, 0.6) is 0 Å². The smallest absolute Gasteiger partial charge is 0.273 e. The Balaban J connectivity index is 2.02. The zero-order valence-corrected chi connectivity index (χ0v) is 13.1. The lowest BCUT2D eigenvalue weighted by Crippen LogP contribution is -2.25. The molecule has 2 rings (SSSR count). The summed E-state index contributed by atoms with van der Waals surface area (Å²) in [7, 11) is 1.77. The Labute approximate surface area is 120 Å². The number of nitrogens with zero attached hydrogens (tertiary/aromatic N) is 2. The molecule has 0 saturated heterocycles. The molecule has 0 unspecified atom stereocenters. The summed E-state index contributed by atoms with van der Waals surface area (Å²) in [6, 6.07) is 0. The molecule has 18 heavy (non-hydrogen) atoms. The topological polar surface area (TPSA) is 50.7 Å². The number of hydrogen-bond donors (Lipinski definition) is 1. The van der Waals surface area contributed by atoms with Crippen LogP contribution >= 0.6 is 27.7 Å². The van der Waals surface area contributed by atoms with Gasteiger partial charge in [0.25, 0.3) is 0 Å². The summed E-state index contributed by atoms with van der Waals surface area (Å²) in [5, 5.41) is 8.40. The normalized spacial score (nSPS) is 19.7. The highest BCUT2D eigenvalue weighted by Crippen LogP contribution is 2.40. The van der Waals surface area contributed by atoms with Gasteiger partial charge in [0.1, 0.15) is 0 Å². The molecule has 1 N–H and O–H groups in total. The third kappa shape index (κ3) is 3.20. The number of alkyl halides is 1. The Morgan fingerprint density at radius 1 is 1.39 bits per heavy atom. The van der Waals surface area contributed by atoms with Crippen molar-refractivity contribution in [3.05, 3.63) is 10.5 Å². The van der Waals surface area contributed by atoms with Crippen LogP contribution < -0.4 is 5.69 Å². The standard InChI is InChI=1S/C12H20BrN3OS/c1-16-10(17)14-15-11(16)18-9-12(8-13)6-4-2-3-5-7-12/h2-9H2,1H3,(H,14,17). The van der Waals surface area contributed by atoms with Gasteiger partial charge in [-0.15, -0.1) is 5.10 Å². The van der Waals surface area contributed by atoms with Gasteiger partial charge in [-0.2, -0.15) is 0 Å². The number of nitrogens with one attached hydrogen (secondary N) is 1. The van der Waals surface area contributed by atoms with Crippen molar-refractivity contribution in [2.24, 2.45) is 12.5 Å². The van der Waals surface area contributed by atoms with Gasteiger partial charge in [0.2, 0.25) is 0 Å². The van der Waals surface area contributed by atoms with Crippen molar-refractivity contribution >= 4 is 27.7 Å². The molecule has 0 radical (unpaired) electrons. The molecule has 4 nitrogen and oxygen atoms in total. The van der Waals surface area contributed by atoms with Gasteiger partial charge in [0.05, 0.1) is 0 Å². The lowest BCUT2D eigenvalue weighted by atomic mass is 9.85.